The van der Waals surface area contributed by atoms with Gasteiger partial charge in [-0.15, -0.1) is 0 Å². The van der Waals surface area contributed by atoms with Crippen LogP contribution in [0.25, 0.3) is 11.1 Å². The molecule has 3 rings (SSSR count). The molecule has 0 radical (unpaired) electrons. The highest BCUT2D eigenvalue weighted by molar-refractivity contribution is 6.30. The lowest BCUT2D eigenvalue weighted by Gasteiger charge is -2.13. The van der Waals surface area contributed by atoms with Crippen LogP contribution < -0.4 is 15.0 Å². The van der Waals surface area contributed by atoms with Crippen molar-refractivity contribution in [3.63, 3.8) is 0 Å². The average molecular weight is 381 g/mol. The van der Waals surface area contributed by atoms with Gasteiger partial charge in [-0.1, -0.05) is 29.8 Å². The molecule has 0 saturated heterocycles. The molecule has 1 heterocycles. The first kappa shape index (κ1) is 18.6. The number of pyridine rings is 1. The summed E-state index contributed by atoms with van der Waals surface area (Å²) < 4.78 is 11.3. The molecule has 0 fully saturated rings. The Morgan fingerprint density at radius 3 is 2.52 bits per heavy atom. The highest BCUT2D eigenvalue weighted by Crippen LogP contribution is 2.34. The topological polar surface area (TPSA) is 75.1 Å². The number of nitriles is 1. The lowest BCUT2D eigenvalue weighted by molar-refractivity contribution is 0.284. The lowest BCUT2D eigenvalue weighted by atomic mass is 10.0. The Morgan fingerprint density at radius 1 is 1.11 bits per heavy atom. The van der Waals surface area contributed by atoms with Crippen LogP contribution in [-0.4, -0.2) is 12.1 Å². The Morgan fingerprint density at radius 2 is 1.85 bits per heavy atom. The van der Waals surface area contributed by atoms with Gasteiger partial charge in [0.25, 0.3) is 5.56 Å². The number of H-pyrrole nitrogens is 1. The minimum atomic E-state index is -0.408. The Kier molecular flexibility index (Phi) is 5.49. The average Bonchev–Trinajstić information content (AvgIpc) is 2.67. The predicted molar refractivity (Wildman–Crippen MR) is 104 cm³/mol. The van der Waals surface area contributed by atoms with E-state index < -0.39 is 5.56 Å². The highest BCUT2D eigenvalue weighted by Gasteiger charge is 2.13. The summed E-state index contributed by atoms with van der Waals surface area (Å²) in [5, 5.41) is 10.00. The SMILES string of the molecule is COc1cc(-c2cc(C)[nH]c(=O)c2C#N)ccc1OCc1ccc(Cl)cc1. The van der Waals surface area contributed by atoms with E-state index >= 15 is 0 Å². The van der Waals surface area contributed by atoms with Crippen LogP contribution in [0.15, 0.2) is 53.3 Å². The first-order valence-electron chi connectivity index (χ1n) is 8.21. The summed E-state index contributed by atoms with van der Waals surface area (Å²) in [6.45, 7) is 2.13. The number of ether oxygens (including phenoxy) is 2. The molecule has 0 aliphatic heterocycles. The molecule has 0 aliphatic rings. The van der Waals surface area contributed by atoms with Crippen molar-refractivity contribution in [1.29, 1.82) is 5.26 Å². The number of hydrogen-bond acceptors (Lipinski definition) is 4. The van der Waals surface area contributed by atoms with Gasteiger partial charge in [-0.05, 0) is 48.4 Å². The molecule has 0 atom stereocenters. The summed E-state index contributed by atoms with van der Waals surface area (Å²) in [7, 11) is 1.54. The van der Waals surface area contributed by atoms with E-state index in [2.05, 4.69) is 4.98 Å². The first-order chi connectivity index (χ1) is 13.0. The number of nitrogens with zero attached hydrogens (tertiary/aromatic N) is 1. The van der Waals surface area contributed by atoms with Crippen molar-refractivity contribution in [3.8, 4) is 28.7 Å². The second-order valence-corrected chi connectivity index (χ2v) is 6.40. The molecule has 6 heteroatoms. The van der Waals surface area contributed by atoms with Crippen LogP contribution in [0.2, 0.25) is 5.02 Å². The summed E-state index contributed by atoms with van der Waals surface area (Å²) in [4.78, 5) is 14.7. The van der Waals surface area contributed by atoms with Crippen molar-refractivity contribution >= 4 is 11.6 Å². The van der Waals surface area contributed by atoms with Crippen molar-refractivity contribution in [3.05, 3.63) is 80.7 Å². The van der Waals surface area contributed by atoms with Crippen molar-refractivity contribution < 1.29 is 9.47 Å². The van der Waals surface area contributed by atoms with Gasteiger partial charge in [0.15, 0.2) is 11.5 Å². The van der Waals surface area contributed by atoms with E-state index in [1.807, 2.05) is 18.2 Å². The zero-order valence-electron chi connectivity index (χ0n) is 14.9. The third-order valence-corrected chi connectivity index (χ3v) is 4.31. The zero-order valence-corrected chi connectivity index (χ0v) is 15.6. The fourth-order valence-corrected chi connectivity index (χ4v) is 2.85. The lowest BCUT2D eigenvalue weighted by Crippen LogP contribution is -2.12. The summed E-state index contributed by atoms with van der Waals surface area (Å²) >= 11 is 5.89. The van der Waals surface area contributed by atoms with E-state index in [0.717, 1.165) is 5.56 Å². The van der Waals surface area contributed by atoms with Crippen molar-refractivity contribution in [2.75, 3.05) is 7.11 Å². The largest absolute Gasteiger partial charge is 0.493 e. The second kappa shape index (κ2) is 7.98. The van der Waals surface area contributed by atoms with Gasteiger partial charge in [-0.2, -0.15) is 5.26 Å². The smallest absolute Gasteiger partial charge is 0.266 e. The quantitative estimate of drug-likeness (QED) is 0.708. The summed E-state index contributed by atoms with van der Waals surface area (Å²) in [5.74, 6) is 1.08. The molecule has 0 bridgehead atoms. The number of aromatic nitrogens is 1. The van der Waals surface area contributed by atoms with Crippen LogP contribution in [0, 0.1) is 18.3 Å². The second-order valence-electron chi connectivity index (χ2n) is 5.96. The van der Waals surface area contributed by atoms with Crippen LogP contribution in [0.1, 0.15) is 16.8 Å². The van der Waals surface area contributed by atoms with Crippen LogP contribution >= 0.6 is 11.6 Å². The molecular formula is C21H17ClN2O3. The predicted octanol–water partition coefficient (Wildman–Crippen LogP) is 4.46. The van der Waals surface area contributed by atoms with Gasteiger partial charge < -0.3 is 14.5 Å². The molecule has 5 nitrogen and oxygen atoms in total. The summed E-state index contributed by atoms with van der Waals surface area (Å²) in [6, 6.07) is 16.4. The Labute approximate surface area is 161 Å². The van der Waals surface area contributed by atoms with Gasteiger partial charge in [-0.3, -0.25) is 4.79 Å². The van der Waals surface area contributed by atoms with Crippen LogP contribution in [-0.2, 0) is 6.61 Å². The molecule has 0 aliphatic carbocycles. The van der Waals surface area contributed by atoms with Gasteiger partial charge in [0.05, 0.1) is 7.11 Å². The van der Waals surface area contributed by atoms with Gasteiger partial charge in [0.2, 0.25) is 0 Å². The number of halogens is 1. The third-order valence-electron chi connectivity index (χ3n) is 4.06. The molecule has 2 aromatic carbocycles. The molecule has 136 valence electrons. The van der Waals surface area contributed by atoms with E-state index in [-0.39, 0.29) is 5.56 Å². The molecule has 27 heavy (non-hydrogen) atoms. The van der Waals surface area contributed by atoms with Crippen molar-refractivity contribution in [2.45, 2.75) is 13.5 Å². The van der Waals surface area contributed by atoms with E-state index in [1.54, 1.807) is 50.4 Å². The molecule has 0 saturated carbocycles. The van der Waals surface area contributed by atoms with Gasteiger partial charge in [0, 0.05) is 16.3 Å². The van der Waals surface area contributed by atoms with Gasteiger partial charge >= 0.3 is 0 Å². The standard InChI is InChI=1S/C21H17ClN2O3/c1-13-9-17(18(11-23)21(25)24-13)15-5-8-19(20(10-15)26-2)27-12-14-3-6-16(22)7-4-14/h3-10H,12H2,1-2H3,(H,24,25). The van der Waals surface area contributed by atoms with E-state index in [0.29, 0.717) is 39.9 Å². The molecule has 1 aromatic heterocycles. The third kappa shape index (κ3) is 4.13. The minimum Gasteiger partial charge on any atom is -0.493 e. The van der Waals surface area contributed by atoms with E-state index in [4.69, 9.17) is 21.1 Å². The van der Waals surface area contributed by atoms with Gasteiger partial charge in [0.1, 0.15) is 18.2 Å². The molecule has 3 aromatic rings. The summed E-state index contributed by atoms with van der Waals surface area (Å²) in [6.07, 6.45) is 0. The number of hydrogen-bond donors (Lipinski definition) is 1. The molecule has 0 spiro atoms. The molecule has 0 unspecified atom stereocenters. The van der Waals surface area contributed by atoms with Crippen molar-refractivity contribution in [1.82, 2.24) is 4.98 Å². The number of aromatic amines is 1. The Balaban J connectivity index is 1.92. The van der Waals surface area contributed by atoms with E-state index in [9.17, 15) is 10.1 Å². The summed E-state index contributed by atoms with van der Waals surface area (Å²) in [5.41, 5.74) is 2.57. The normalized spacial score (nSPS) is 10.3. The maximum atomic E-state index is 12.0. The maximum Gasteiger partial charge on any atom is 0.266 e. The number of rotatable bonds is 5. The highest BCUT2D eigenvalue weighted by atomic mass is 35.5. The zero-order chi connectivity index (χ0) is 19.4. The first-order valence-corrected chi connectivity index (χ1v) is 8.59. The molecule has 1 N–H and O–H groups in total. The maximum absolute atomic E-state index is 12.0. The Hall–Kier alpha value is -3.23. The molecule has 0 amide bonds. The van der Waals surface area contributed by atoms with Crippen molar-refractivity contribution in [2.24, 2.45) is 0 Å². The van der Waals surface area contributed by atoms with E-state index in [1.165, 1.54) is 0 Å². The number of benzene rings is 2. The fourth-order valence-electron chi connectivity index (χ4n) is 2.72. The number of methoxy groups -OCH3 is 1. The van der Waals surface area contributed by atoms with Gasteiger partial charge in [-0.25, -0.2) is 0 Å². The molecular weight excluding hydrogens is 364 g/mol. The van der Waals surface area contributed by atoms with Crippen LogP contribution in [0.4, 0.5) is 0 Å². The van der Waals surface area contributed by atoms with Crippen LogP contribution in [0.5, 0.6) is 11.5 Å². The minimum absolute atomic E-state index is 0.0671. The number of nitrogens with one attached hydrogen (secondary N) is 1. The van der Waals surface area contributed by atoms with Crippen LogP contribution in [0.3, 0.4) is 0 Å². The fraction of sp³-hybridized carbons (Fsp3) is 0.143. The Bertz CT molecular complexity index is 1070. The monoisotopic (exact) mass is 380 g/mol. The number of aryl methyl sites for hydroxylation is 1.